The van der Waals surface area contributed by atoms with Gasteiger partial charge < -0.3 is 10.2 Å². The van der Waals surface area contributed by atoms with Crippen LogP contribution in [0.4, 0.5) is 11.6 Å². The van der Waals surface area contributed by atoms with Crippen LogP contribution in [0.1, 0.15) is 31.7 Å². The molecule has 0 spiro atoms. The van der Waals surface area contributed by atoms with Crippen LogP contribution in [-0.2, 0) is 6.42 Å². The van der Waals surface area contributed by atoms with Crippen LogP contribution in [0.5, 0.6) is 0 Å². The number of rotatable bonds is 7. The summed E-state index contributed by atoms with van der Waals surface area (Å²) in [6, 6.07) is 0.461. The summed E-state index contributed by atoms with van der Waals surface area (Å²) in [5.41, 5.74) is 1.12. The third-order valence-corrected chi connectivity index (χ3v) is 4.10. The van der Waals surface area contributed by atoms with Gasteiger partial charge in [-0.15, -0.1) is 0 Å². The highest BCUT2D eigenvalue weighted by atomic mass is 32.2. The Morgan fingerprint density at radius 3 is 2.58 bits per heavy atom. The third-order valence-electron chi connectivity index (χ3n) is 3.28. The summed E-state index contributed by atoms with van der Waals surface area (Å²) in [4.78, 5) is 11.6. The van der Waals surface area contributed by atoms with Crippen molar-refractivity contribution in [2.24, 2.45) is 0 Å². The van der Waals surface area contributed by atoms with Crippen molar-refractivity contribution in [2.75, 3.05) is 36.3 Å². The molecule has 0 bridgehead atoms. The van der Waals surface area contributed by atoms with E-state index >= 15 is 0 Å². The van der Waals surface area contributed by atoms with Crippen LogP contribution in [0.15, 0.2) is 0 Å². The SMILES string of the molecule is CCCc1nc(NC)c(C)c(N(C)C(C)CSC)n1. The van der Waals surface area contributed by atoms with Crippen molar-refractivity contribution in [3.05, 3.63) is 11.4 Å². The molecule has 108 valence electrons. The zero-order valence-corrected chi connectivity index (χ0v) is 13.8. The summed E-state index contributed by atoms with van der Waals surface area (Å²) in [7, 11) is 4.03. The molecule has 19 heavy (non-hydrogen) atoms. The molecule has 1 atom stereocenters. The second-order valence-corrected chi connectivity index (χ2v) is 5.76. The Hall–Kier alpha value is -0.970. The molecular formula is C14H26N4S. The van der Waals surface area contributed by atoms with Crippen molar-refractivity contribution in [1.29, 1.82) is 0 Å². The van der Waals surface area contributed by atoms with Crippen molar-refractivity contribution in [1.82, 2.24) is 9.97 Å². The van der Waals surface area contributed by atoms with Gasteiger partial charge in [0, 0.05) is 37.9 Å². The summed E-state index contributed by atoms with van der Waals surface area (Å²) < 4.78 is 0. The van der Waals surface area contributed by atoms with E-state index in [1.54, 1.807) is 0 Å². The molecule has 4 nitrogen and oxygen atoms in total. The van der Waals surface area contributed by atoms with Gasteiger partial charge in [0.25, 0.3) is 0 Å². The summed E-state index contributed by atoms with van der Waals surface area (Å²) in [6.45, 7) is 6.47. The number of aryl methyl sites for hydroxylation is 1. The molecule has 0 aliphatic rings. The number of nitrogens with one attached hydrogen (secondary N) is 1. The summed E-state index contributed by atoms with van der Waals surface area (Å²) in [5, 5.41) is 3.18. The van der Waals surface area contributed by atoms with Crippen LogP contribution >= 0.6 is 11.8 Å². The highest BCUT2D eigenvalue weighted by molar-refractivity contribution is 7.98. The fraction of sp³-hybridized carbons (Fsp3) is 0.714. The zero-order chi connectivity index (χ0) is 14.4. The predicted molar refractivity (Wildman–Crippen MR) is 86.6 cm³/mol. The molecule has 1 unspecified atom stereocenters. The van der Waals surface area contributed by atoms with Gasteiger partial charge in [0.05, 0.1) is 0 Å². The van der Waals surface area contributed by atoms with Crippen LogP contribution in [0.25, 0.3) is 0 Å². The maximum atomic E-state index is 4.74. The average molecular weight is 282 g/mol. The molecule has 0 aliphatic heterocycles. The Morgan fingerprint density at radius 1 is 1.37 bits per heavy atom. The predicted octanol–water partition coefficient (Wildman–Crippen LogP) is 2.97. The molecule has 1 heterocycles. The van der Waals surface area contributed by atoms with E-state index in [0.29, 0.717) is 6.04 Å². The number of hydrogen-bond acceptors (Lipinski definition) is 5. The molecule has 1 aromatic heterocycles. The number of thioether (sulfide) groups is 1. The first-order chi connectivity index (χ1) is 9.04. The molecule has 1 aromatic rings. The largest absolute Gasteiger partial charge is 0.373 e. The van der Waals surface area contributed by atoms with Gasteiger partial charge in [-0.25, -0.2) is 9.97 Å². The minimum absolute atomic E-state index is 0.461. The fourth-order valence-corrected chi connectivity index (χ4v) is 2.74. The Balaban J connectivity index is 3.13. The van der Waals surface area contributed by atoms with Crippen LogP contribution in [0.2, 0.25) is 0 Å². The molecule has 1 N–H and O–H groups in total. The van der Waals surface area contributed by atoms with E-state index in [-0.39, 0.29) is 0 Å². The van der Waals surface area contributed by atoms with Crippen LogP contribution in [-0.4, -0.2) is 42.1 Å². The fourth-order valence-electron chi connectivity index (χ4n) is 2.03. The van der Waals surface area contributed by atoms with Gasteiger partial charge in [-0.05, 0) is 26.5 Å². The van der Waals surface area contributed by atoms with E-state index in [0.717, 1.165) is 41.6 Å². The van der Waals surface area contributed by atoms with Crippen molar-refractivity contribution in [3.63, 3.8) is 0 Å². The quantitative estimate of drug-likeness (QED) is 0.832. The topological polar surface area (TPSA) is 41.1 Å². The maximum Gasteiger partial charge on any atom is 0.137 e. The standard InChI is InChI=1S/C14H26N4S/c1-7-8-12-16-13(15-4)11(3)14(17-12)18(5)10(2)9-19-6/h10H,7-9H2,1-6H3,(H,15,16,17). The monoisotopic (exact) mass is 282 g/mol. The van der Waals surface area contributed by atoms with Gasteiger partial charge in [0.15, 0.2) is 0 Å². The lowest BCUT2D eigenvalue weighted by atomic mass is 10.2. The van der Waals surface area contributed by atoms with Gasteiger partial charge in [-0.1, -0.05) is 6.92 Å². The van der Waals surface area contributed by atoms with Crippen molar-refractivity contribution in [3.8, 4) is 0 Å². The first-order valence-corrected chi connectivity index (χ1v) is 8.21. The number of nitrogens with zero attached hydrogens (tertiary/aromatic N) is 3. The van der Waals surface area contributed by atoms with Crippen LogP contribution in [0.3, 0.4) is 0 Å². The number of anilines is 2. The van der Waals surface area contributed by atoms with E-state index in [1.807, 2.05) is 18.8 Å². The molecule has 0 aliphatic carbocycles. The highest BCUT2D eigenvalue weighted by Gasteiger charge is 2.17. The Labute approximate surface area is 121 Å². The number of hydrogen-bond donors (Lipinski definition) is 1. The maximum absolute atomic E-state index is 4.74. The Kier molecular flexibility index (Phi) is 6.42. The third kappa shape index (κ3) is 4.00. The van der Waals surface area contributed by atoms with E-state index < -0.39 is 0 Å². The van der Waals surface area contributed by atoms with Gasteiger partial charge in [0.2, 0.25) is 0 Å². The summed E-state index contributed by atoms with van der Waals surface area (Å²) in [5.74, 6) is 4.01. The average Bonchev–Trinajstić information content (AvgIpc) is 2.40. The molecule has 5 heteroatoms. The van der Waals surface area contributed by atoms with Gasteiger partial charge in [-0.2, -0.15) is 11.8 Å². The zero-order valence-electron chi connectivity index (χ0n) is 12.9. The van der Waals surface area contributed by atoms with Crippen molar-refractivity contribution < 1.29 is 0 Å². The molecule has 0 radical (unpaired) electrons. The van der Waals surface area contributed by atoms with E-state index in [4.69, 9.17) is 4.98 Å². The Bertz CT molecular complexity index is 409. The smallest absolute Gasteiger partial charge is 0.137 e. The van der Waals surface area contributed by atoms with E-state index in [9.17, 15) is 0 Å². The lowest BCUT2D eigenvalue weighted by Gasteiger charge is -2.27. The normalized spacial score (nSPS) is 12.3. The minimum atomic E-state index is 0.461. The van der Waals surface area contributed by atoms with Crippen LogP contribution < -0.4 is 10.2 Å². The second-order valence-electron chi connectivity index (χ2n) is 4.85. The molecule has 0 fully saturated rings. The first-order valence-electron chi connectivity index (χ1n) is 6.82. The molecular weight excluding hydrogens is 256 g/mol. The molecule has 0 saturated heterocycles. The van der Waals surface area contributed by atoms with Crippen molar-refractivity contribution >= 4 is 23.4 Å². The van der Waals surface area contributed by atoms with Crippen LogP contribution in [0, 0.1) is 6.92 Å². The van der Waals surface area contributed by atoms with E-state index in [1.165, 1.54) is 0 Å². The highest BCUT2D eigenvalue weighted by Crippen LogP contribution is 2.24. The van der Waals surface area contributed by atoms with Crippen molar-refractivity contribution in [2.45, 2.75) is 39.7 Å². The lowest BCUT2D eigenvalue weighted by Crippen LogP contribution is -2.32. The minimum Gasteiger partial charge on any atom is -0.373 e. The molecule has 0 saturated carbocycles. The van der Waals surface area contributed by atoms with Gasteiger partial charge in [0.1, 0.15) is 17.5 Å². The van der Waals surface area contributed by atoms with Gasteiger partial charge in [-0.3, -0.25) is 0 Å². The molecule has 0 aromatic carbocycles. The number of aromatic nitrogens is 2. The lowest BCUT2D eigenvalue weighted by molar-refractivity contribution is 0.736. The summed E-state index contributed by atoms with van der Waals surface area (Å²) >= 11 is 1.86. The molecule has 0 amide bonds. The second kappa shape index (κ2) is 7.58. The van der Waals surface area contributed by atoms with Gasteiger partial charge >= 0.3 is 0 Å². The summed E-state index contributed by atoms with van der Waals surface area (Å²) in [6.07, 6.45) is 4.13. The van der Waals surface area contributed by atoms with E-state index in [2.05, 4.69) is 49.3 Å². The molecule has 1 rings (SSSR count). The first kappa shape index (κ1) is 16.1. The Morgan fingerprint density at radius 2 is 2.05 bits per heavy atom.